The summed E-state index contributed by atoms with van der Waals surface area (Å²) in [6.07, 6.45) is 6.78. The van der Waals surface area contributed by atoms with E-state index in [0.29, 0.717) is 34.8 Å². The van der Waals surface area contributed by atoms with Gasteiger partial charge in [-0.1, -0.05) is 0 Å². The maximum Gasteiger partial charge on any atom is 0.263 e. The van der Waals surface area contributed by atoms with E-state index in [1.807, 2.05) is 25.3 Å². The molecule has 3 aromatic rings. The molecule has 6 rings (SSSR count). The van der Waals surface area contributed by atoms with Crippen molar-refractivity contribution in [3.8, 4) is 0 Å². The zero-order chi connectivity index (χ0) is 23.4. The number of piperazine rings is 1. The summed E-state index contributed by atoms with van der Waals surface area (Å²) in [6, 6.07) is 4.05. The third-order valence-corrected chi connectivity index (χ3v) is 7.61. The Morgan fingerprint density at radius 3 is 2.53 bits per heavy atom. The Morgan fingerprint density at radius 2 is 1.85 bits per heavy atom. The molecule has 0 amide bonds. The van der Waals surface area contributed by atoms with Gasteiger partial charge in [0.2, 0.25) is 5.95 Å². The highest BCUT2D eigenvalue weighted by Crippen LogP contribution is 2.56. The fraction of sp³-hybridized carbons (Fsp3) is 0.480. The fourth-order valence-electron chi connectivity index (χ4n) is 5.72. The Bertz CT molecular complexity index is 1320. The minimum Gasteiger partial charge on any atom is -0.368 e. The number of ketones is 1. The lowest BCUT2D eigenvalue weighted by molar-refractivity contribution is 0.101. The van der Waals surface area contributed by atoms with Crippen LogP contribution in [0.4, 0.5) is 17.5 Å². The molecule has 2 atom stereocenters. The Labute approximate surface area is 197 Å². The molecule has 34 heavy (non-hydrogen) atoms. The summed E-state index contributed by atoms with van der Waals surface area (Å²) in [7, 11) is 0. The van der Waals surface area contributed by atoms with Crippen molar-refractivity contribution < 1.29 is 4.79 Å². The molecule has 4 heterocycles. The number of fused-ring (bicyclic) bond motifs is 2. The second-order valence-corrected chi connectivity index (χ2v) is 9.81. The number of nitrogens with one attached hydrogen (secondary N) is 2. The molecule has 2 unspecified atom stereocenters. The number of pyridine rings is 2. The Balaban J connectivity index is 1.36. The van der Waals surface area contributed by atoms with Crippen LogP contribution >= 0.6 is 0 Å². The van der Waals surface area contributed by atoms with Gasteiger partial charge in [-0.15, -0.1) is 0 Å². The quantitative estimate of drug-likeness (QED) is 0.561. The first-order valence-corrected chi connectivity index (χ1v) is 12.1. The van der Waals surface area contributed by atoms with Crippen molar-refractivity contribution in [3.63, 3.8) is 0 Å². The lowest BCUT2D eigenvalue weighted by Gasteiger charge is -2.29. The summed E-state index contributed by atoms with van der Waals surface area (Å²) < 4.78 is 1.76. The molecule has 2 aliphatic carbocycles. The maximum atomic E-state index is 13.5. The van der Waals surface area contributed by atoms with Crippen molar-refractivity contribution in [1.29, 1.82) is 0 Å². The molecular formula is C25H29N7O2. The summed E-state index contributed by atoms with van der Waals surface area (Å²) in [5.41, 5.74) is 2.35. The number of carbonyl (C=O) groups excluding carboxylic acids is 1. The molecule has 9 heteroatoms. The van der Waals surface area contributed by atoms with Gasteiger partial charge in [-0.2, -0.15) is 4.98 Å². The fourth-order valence-corrected chi connectivity index (χ4v) is 5.72. The molecule has 0 aromatic carbocycles. The van der Waals surface area contributed by atoms with Crippen molar-refractivity contribution in [2.75, 3.05) is 36.4 Å². The van der Waals surface area contributed by atoms with Crippen LogP contribution in [0.5, 0.6) is 0 Å². The Hall–Kier alpha value is -3.33. The average molecular weight is 460 g/mol. The number of hydrogen-bond donors (Lipinski definition) is 2. The molecule has 0 bridgehead atoms. The molecule has 1 aliphatic heterocycles. The molecule has 3 aliphatic rings. The first-order chi connectivity index (χ1) is 16.5. The minimum absolute atomic E-state index is 0.0802. The van der Waals surface area contributed by atoms with Gasteiger partial charge in [0.15, 0.2) is 5.78 Å². The number of aromatic nitrogens is 4. The Kier molecular flexibility index (Phi) is 5.09. The second-order valence-electron chi connectivity index (χ2n) is 9.81. The third kappa shape index (κ3) is 3.64. The van der Waals surface area contributed by atoms with Crippen LogP contribution in [0.3, 0.4) is 0 Å². The number of Topliss-reactive ketones (excluding diaryl/α,β-unsaturated/α-hetero) is 1. The molecule has 0 spiro atoms. The van der Waals surface area contributed by atoms with Crippen LogP contribution in [0.1, 0.15) is 48.1 Å². The lowest BCUT2D eigenvalue weighted by Crippen LogP contribution is -2.43. The van der Waals surface area contributed by atoms with Gasteiger partial charge in [0, 0.05) is 43.8 Å². The van der Waals surface area contributed by atoms with E-state index in [0.717, 1.165) is 50.1 Å². The van der Waals surface area contributed by atoms with E-state index < -0.39 is 0 Å². The number of rotatable bonds is 5. The second kappa shape index (κ2) is 8.16. The van der Waals surface area contributed by atoms with Gasteiger partial charge in [-0.3, -0.25) is 14.2 Å². The van der Waals surface area contributed by atoms with Gasteiger partial charge in [-0.25, -0.2) is 9.97 Å². The predicted molar refractivity (Wildman–Crippen MR) is 131 cm³/mol. The van der Waals surface area contributed by atoms with E-state index in [1.54, 1.807) is 10.8 Å². The van der Waals surface area contributed by atoms with Crippen molar-refractivity contribution in [2.45, 2.75) is 39.2 Å². The summed E-state index contributed by atoms with van der Waals surface area (Å²) in [5, 5.41) is 7.30. The van der Waals surface area contributed by atoms with E-state index in [9.17, 15) is 9.59 Å². The van der Waals surface area contributed by atoms with Gasteiger partial charge in [0.05, 0.1) is 17.4 Å². The average Bonchev–Trinajstić information content (AvgIpc) is 3.45. The van der Waals surface area contributed by atoms with Crippen LogP contribution in [0.25, 0.3) is 11.0 Å². The normalized spacial score (nSPS) is 23.7. The lowest BCUT2D eigenvalue weighted by atomic mass is 10.0. The van der Waals surface area contributed by atoms with Crippen LogP contribution in [0, 0.1) is 18.8 Å². The first-order valence-electron chi connectivity index (χ1n) is 12.1. The Morgan fingerprint density at radius 1 is 1.09 bits per heavy atom. The highest BCUT2D eigenvalue weighted by Gasteiger charge is 2.47. The molecule has 3 aromatic heterocycles. The van der Waals surface area contributed by atoms with Crippen LogP contribution in [0.15, 0.2) is 29.3 Å². The first kappa shape index (κ1) is 21.2. The number of anilines is 3. The smallest absolute Gasteiger partial charge is 0.263 e. The third-order valence-electron chi connectivity index (χ3n) is 7.61. The monoisotopic (exact) mass is 459 g/mol. The maximum absolute atomic E-state index is 13.5. The highest BCUT2D eigenvalue weighted by atomic mass is 16.1. The van der Waals surface area contributed by atoms with E-state index >= 15 is 0 Å². The number of aryl methyl sites for hydroxylation is 1. The van der Waals surface area contributed by atoms with Crippen LogP contribution in [-0.4, -0.2) is 51.5 Å². The number of hydrogen-bond acceptors (Lipinski definition) is 8. The van der Waals surface area contributed by atoms with Crippen molar-refractivity contribution in [1.82, 2.24) is 24.8 Å². The summed E-state index contributed by atoms with van der Waals surface area (Å²) >= 11 is 0. The zero-order valence-corrected chi connectivity index (χ0v) is 19.5. The van der Waals surface area contributed by atoms with E-state index in [-0.39, 0.29) is 22.9 Å². The van der Waals surface area contributed by atoms with Crippen molar-refractivity contribution in [2.24, 2.45) is 11.8 Å². The van der Waals surface area contributed by atoms with E-state index in [4.69, 9.17) is 4.98 Å². The zero-order valence-electron chi connectivity index (χ0n) is 19.5. The topological polar surface area (TPSA) is 105 Å². The van der Waals surface area contributed by atoms with Gasteiger partial charge in [0.1, 0.15) is 11.5 Å². The molecular weight excluding hydrogens is 430 g/mol. The molecule has 3 fully saturated rings. The largest absolute Gasteiger partial charge is 0.368 e. The standard InChI is InChI=1S/C25H29N7O2/c1-14-20-13-28-25(29-21-4-3-18(12-27-21)31-7-5-26-6-8-31)30-23(20)32(24(34)22(14)15(2)33)19-10-16-9-17(16)11-19/h3-4,12-13,16-17,19,26H,5-11H2,1-2H3,(H,27,28,29,30). The molecule has 9 nitrogen and oxygen atoms in total. The predicted octanol–water partition coefficient (Wildman–Crippen LogP) is 2.82. The molecule has 1 saturated heterocycles. The summed E-state index contributed by atoms with van der Waals surface area (Å²) in [5.74, 6) is 2.23. The van der Waals surface area contributed by atoms with Crippen LogP contribution in [-0.2, 0) is 0 Å². The van der Waals surface area contributed by atoms with E-state index in [2.05, 4.69) is 25.5 Å². The van der Waals surface area contributed by atoms with Crippen molar-refractivity contribution >= 4 is 34.3 Å². The SMILES string of the molecule is CC(=O)c1c(C)c2cnc(Nc3ccc(N4CCNCC4)cn3)nc2n(C2CC3CC3C2)c1=O. The van der Waals surface area contributed by atoms with E-state index in [1.165, 1.54) is 13.3 Å². The van der Waals surface area contributed by atoms with Gasteiger partial charge in [-0.05, 0) is 62.6 Å². The summed E-state index contributed by atoms with van der Waals surface area (Å²) in [4.78, 5) is 41.9. The molecule has 2 N–H and O–H groups in total. The minimum atomic E-state index is -0.230. The van der Waals surface area contributed by atoms with Crippen LogP contribution < -0.4 is 21.1 Å². The number of carbonyl (C=O) groups is 1. The highest BCUT2D eigenvalue weighted by molar-refractivity contribution is 5.99. The van der Waals surface area contributed by atoms with Gasteiger partial charge in [0.25, 0.3) is 5.56 Å². The molecule has 176 valence electrons. The van der Waals surface area contributed by atoms with Crippen molar-refractivity contribution in [3.05, 3.63) is 46.0 Å². The number of nitrogens with zero attached hydrogens (tertiary/aromatic N) is 5. The molecule has 0 radical (unpaired) electrons. The van der Waals surface area contributed by atoms with Crippen LogP contribution in [0.2, 0.25) is 0 Å². The van der Waals surface area contributed by atoms with Gasteiger partial charge < -0.3 is 15.5 Å². The molecule has 2 saturated carbocycles. The summed E-state index contributed by atoms with van der Waals surface area (Å²) in [6.45, 7) is 7.14. The van der Waals surface area contributed by atoms with Gasteiger partial charge >= 0.3 is 0 Å².